The minimum Gasteiger partial charge on any atom is -0.465 e. The van der Waals surface area contributed by atoms with E-state index in [1.807, 2.05) is 0 Å². The molecule has 3 aliphatic rings. The van der Waals surface area contributed by atoms with Gasteiger partial charge in [-0.25, -0.2) is 19.4 Å². The van der Waals surface area contributed by atoms with Crippen molar-refractivity contribution < 1.29 is 28.9 Å². The van der Waals surface area contributed by atoms with E-state index in [1.165, 1.54) is 17.0 Å². The molecule has 0 spiro atoms. The molecular formula is C26H20N5O6+. The molecule has 3 saturated heterocycles. The summed E-state index contributed by atoms with van der Waals surface area (Å²) in [6, 6.07) is 16.3. The number of hydrogen-bond donors (Lipinski definition) is 2. The maximum atomic E-state index is 14.0. The van der Waals surface area contributed by atoms with E-state index in [-0.39, 0.29) is 30.8 Å². The highest BCUT2D eigenvalue weighted by atomic mass is 16.6. The first-order valence-corrected chi connectivity index (χ1v) is 11.7. The first kappa shape index (κ1) is 22.6. The monoisotopic (exact) mass is 498 g/mol. The average molecular weight is 498 g/mol. The van der Waals surface area contributed by atoms with Crippen molar-refractivity contribution in [2.75, 3.05) is 6.54 Å². The van der Waals surface area contributed by atoms with Crippen LogP contribution in [0.5, 0.6) is 0 Å². The molecule has 0 aromatic heterocycles. The SMILES string of the molecule is N#Cc1ccc(C23C(=O)NC(=O)[N+]2(Cc2ccccc2[N+](=O)[O-])C2CC3N(C(=O)O)C2)c2ccccc12. The molecule has 3 fully saturated rings. The van der Waals surface area contributed by atoms with Crippen molar-refractivity contribution in [2.45, 2.75) is 30.6 Å². The van der Waals surface area contributed by atoms with E-state index in [4.69, 9.17) is 0 Å². The number of likely N-dealkylation sites (tertiary alicyclic amines) is 1. The molecule has 4 atom stereocenters. The van der Waals surface area contributed by atoms with Crippen LogP contribution in [-0.2, 0) is 16.9 Å². The number of carbonyl (C=O) groups is 3. The van der Waals surface area contributed by atoms with Crippen molar-refractivity contribution in [3.8, 4) is 6.07 Å². The van der Waals surface area contributed by atoms with E-state index < -0.39 is 45.1 Å². The molecule has 4 unspecified atom stereocenters. The summed E-state index contributed by atoms with van der Waals surface area (Å²) in [6.45, 7) is -0.158. The van der Waals surface area contributed by atoms with Gasteiger partial charge in [0.1, 0.15) is 18.6 Å². The Morgan fingerprint density at radius 3 is 2.57 bits per heavy atom. The summed E-state index contributed by atoms with van der Waals surface area (Å²) in [5.74, 6) is -0.649. The van der Waals surface area contributed by atoms with Crippen LogP contribution in [0.2, 0.25) is 0 Å². The number of nitro benzene ring substituents is 1. The number of fused-ring (bicyclic) bond motifs is 6. The van der Waals surface area contributed by atoms with Gasteiger partial charge < -0.3 is 5.11 Å². The molecule has 2 bridgehead atoms. The first-order chi connectivity index (χ1) is 17.8. The van der Waals surface area contributed by atoms with Gasteiger partial charge in [0.05, 0.1) is 28.7 Å². The van der Waals surface area contributed by atoms with Gasteiger partial charge in [0, 0.05) is 18.1 Å². The van der Waals surface area contributed by atoms with E-state index in [0.717, 1.165) is 0 Å². The Balaban J connectivity index is 1.69. The molecule has 6 rings (SSSR count). The molecule has 3 aromatic rings. The zero-order chi connectivity index (χ0) is 26.1. The van der Waals surface area contributed by atoms with Crippen molar-refractivity contribution in [2.24, 2.45) is 0 Å². The minimum absolute atomic E-state index is 0.0112. The Bertz CT molecular complexity index is 1600. The standard InChI is InChI=1S/C26H19N5O6/c27-12-15-9-10-20(19-7-3-2-6-18(15)19)26-22-11-17(13-29(22)25(34)35)31(26,24(33)28-23(26)32)14-16-5-1-4-8-21(16)30(36)37/h1-10,17,22H,11,13-14H2,(H-,28,32,33,34,35)/p+1. The van der Waals surface area contributed by atoms with Crippen molar-refractivity contribution in [1.29, 1.82) is 5.26 Å². The molecule has 3 aromatic carbocycles. The Labute approximate surface area is 209 Å². The molecule has 184 valence electrons. The Hall–Kier alpha value is -4.82. The second kappa shape index (κ2) is 7.59. The van der Waals surface area contributed by atoms with Crippen molar-refractivity contribution in [1.82, 2.24) is 10.2 Å². The largest absolute Gasteiger partial charge is 0.465 e. The topological polar surface area (TPSA) is 154 Å². The number of para-hydroxylation sites is 1. The lowest BCUT2D eigenvalue weighted by Gasteiger charge is -2.49. The Morgan fingerprint density at radius 2 is 1.86 bits per heavy atom. The van der Waals surface area contributed by atoms with Crippen LogP contribution in [-0.4, -0.2) is 56.1 Å². The lowest BCUT2D eigenvalue weighted by molar-refractivity contribution is -0.921. The molecule has 2 N–H and O–H groups in total. The summed E-state index contributed by atoms with van der Waals surface area (Å²) in [6.07, 6.45) is -0.971. The summed E-state index contributed by atoms with van der Waals surface area (Å²) >= 11 is 0. The summed E-state index contributed by atoms with van der Waals surface area (Å²) in [5, 5.41) is 35.1. The number of carboxylic acid groups (broad SMARTS) is 1. The number of benzene rings is 3. The zero-order valence-electron chi connectivity index (χ0n) is 19.3. The van der Waals surface area contributed by atoms with Gasteiger partial charge in [0.25, 0.3) is 11.6 Å². The van der Waals surface area contributed by atoms with E-state index in [2.05, 4.69) is 11.4 Å². The fraction of sp³-hybridized carbons (Fsp3) is 0.231. The van der Waals surface area contributed by atoms with Crippen LogP contribution in [0.25, 0.3) is 10.8 Å². The summed E-state index contributed by atoms with van der Waals surface area (Å²) in [7, 11) is 0. The normalized spacial score (nSPS) is 27.7. The van der Waals surface area contributed by atoms with Gasteiger partial charge in [-0.15, -0.1) is 0 Å². The maximum Gasteiger partial charge on any atom is 0.425 e. The quantitative estimate of drug-likeness (QED) is 0.242. The summed E-state index contributed by atoms with van der Waals surface area (Å²) in [4.78, 5) is 52.6. The average Bonchev–Trinajstić information content (AvgIpc) is 3.51. The number of piperazine rings is 1. The zero-order valence-corrected chi connectivity index (χ0v) is 19.3. The van der Waals surface area contributed by atoms with Crippen LogP contribution >= 0.6 is 0 Å². The third kappa shape index (κ3) is 2.65. The highest BCUT2D eigenvalue weighted by Gasteiger charge is 2.83. The molecular weight excluding hydrogens is 478 g/mol. The van der Waals surface area contributed by atoms with Gasteiger partial charge >= 0.3 is 12.1 Å². The van der Waals surface area contributed by atoms with Crippen LogP contribution in [0.3, 0.4) is 0 Å². The molecule has 3 heterocycles. The van der Waals surface area contributed by atoms with E-state index >= 15 is 0 Å². The number of nitro groups is 1. The molecule has 3 aliphatic heterocycles. The van der Waals surface area contributed by atoms with Crippen LogP contribution in [0.1, 0.15) is 23.1 Å². The molecule has 11 heteroatoms. The second-order valence-corrected chi connectivity index (χ2v) is 9.60. The number of quaternary nitrogens is 1. The third-order valence-corrected chi connectivity index (χ3v) is 8.25. The second-order valence-electron chi connectivity index (χ2n) is 9.60. The van der Waals surface area contributed by atoms with E-state index in [0.29, 0.717) is 21.9 Å². The molecule has 4 amide bonds. The predicted molar refractivity (Wildman–Crippen MR) is 128 cm³/mol. The fourth-order valence-electron chi connectivity index (χ4n) is 6.91. The van der Waals surface area contributed by atoms with Gasteiger partial charge in [0.2, 0.25) is 5.54 Å². The van der Waals surface area contributed by atoms with Gasteiger partial charge in [-0.1, -0.05) is 42.5 Å². The predicted octanol–water partition coefficient (Wildman–Crippen LogP) is 3.22. The van der Waals surface area contributed by atoms with Crippen LogP contribution in [0.4, 0.5) is 15.3 Å². The highest BCUT2D eigenvalue weighted by Crippen LogP contribution is 2.60. The number of amides is 4. The lowest BCUT2D eigenvalue weighted by atomic mass is 9.77. The van der Waals surface area contributed by atoms with Crippen molar-refractivity contribution >= 4 is 34.5 Å². The number of imide groups is 1. The first-order valence-electron chi connectivity index (χ1n) is 11.7. The van der Waals surface area contributed by atoms with Crippen LogP contribution < -0.4 is 5.32 Å². The number of nitriles is 1. The van der Waals surface area contributed by atoms with Gasteiger partial charge in [-0.05, 0) is 22.9 Å². The minimum atomic E-state index is -1.70. The number of nitrogens with zero attached hydrogens (tertiary/aromatic N) is 4. The number of urea groups is 1. The number of rotatable bonds is 4. The molecule has 11 nitrogen and oxygen atoms in total. The maximum absolute atomic E-state index is 14.0. The molecule has 0 radical (unpaired) electrons. The van der Waals surface area contributed by atoms with Gasteiger partial charge in [0.15, 0.2) is 0 Å². The number of nitrogens with one attached hydrogen (secondary N) is 1. The van der Waals surface area contributed by atoms with Crippen LogP contribution in [0, 0.1) is 21.4 Å². The Kier molecular flexibility index (Phi) is 4.64. The summed E-state index contributed by atoms with van der Waals surface area (Å²) < 4.78 is -0.499. The van der Waals surface area contributed by atoms with Crippen LogP contribution in [0.15, 0.2) is 60.7 Å². The molecule has 0 saturated carbocycles. The van der Waals surface area contributed by atoms with E-state index in [1.54, 1.807) is 48.5 Å². The lowest BCUT2D eigenvalue weighted by Crippen LogP contribution is -2.71. The van der Waals surface area contributed by atoms with Gasteiger partial charge in [-0.2, -0.15) is 5.26 Å². The summed E-state index contributed by atoms with van der Waals surface area (Å²) in [5.41, 5.74) is -0.818. The van der Waals surface area contributed by atoms with Crippen molar-refractivity contribution in [3.05, 3.63) is 87.5 Å². The molecule has 0 aliphatic carbocycles. The van der Waals surface area contributed by atoms with E-state index in [9.17, 15) is 34.9 Å². The van der Waals surface area contributed by atoms with Crippen molar-refractivity contribution in [3.63, 3.8) is 0 Å². The smallest absolute Gasteiger partial charge is 0.425 e. The van der Waals surface area contributed by atoms with Gasteiger partial charge in [-0.3, -0.25) is 19.8 Å². The third-order valence-electron chi connectivity index (χ3n) is 8.25. The fourth-order valence-corrected chi connectivity index (χ4v) is 6.91. The number of hydrogen-bond acceptors (Lipinski definition) is 6. The molecule has 37 heavy (non-hydrogen) atoms. The number of carbonyl (C=O) groups excluding carboxylic acids is 2. The Morgan fingerprint density at radius 1 is 1.16 bits per heavy atom. The highest BCUT2D eigenvalue weighted by molar-refractivity contribution is 6.07.